The maximum absolute atomic E-state index is 12.1. The number of hydrogen-bond donors (Lipinski definition) is 0. The lowest BCUT2D eigenvalue weighted by atomic mass is 10.2. The van der Waals surface area contributed by atoms with Crippen LogP contribution in [0.25, 0.3) is 0 Å². The Kier molecular flexibility index (Phi) is 5.01. The molecule has 2 fully saturated rings. The minimum absolute atomic E-state index is 0.0982. The van der Waals surface area contributed by atoms with Crippen LogP contribution in [0.2, 0.25) is 5.02 Å². The highest BCUT2D eigenvalue weighted by Crippen LogP contribution is 2.15. The molecule has 0 aromatic heterocycles. The number of imide groups is 1. The first kappa shape index (κ1) is 16.7. The van der Waals surface area contributed by atoms with Crippen molar-refractivity contribution in [3.05, 3.63) is 34.9 Å². The molecular formula is C16H18ClN3O4. The Bertz CT molecular complexity index is 625. The van der Waals surface area contributed by atoms with Gasteiger partial charge in [-0.1, -0.05) is 23.7 Å². The van der Waals surface area contributed by atoms with E-state index in [2.05, 4.69) is 4.90 Å². The summed E-state index contributed by atoms with van der Waals surface area (Å²) in [5.41, 5.74) is 1.16. The third-order valence-electron chi connectivity index (χ3n) is 4.13. The Morgan fingerprint density at radius 2 is 1.58 bits per heavy atom. The van der Waals surface area contributed by atoms with E-state index >= 15 is 0 Å². The van der Waals surface area contributed by atoms with Gasteiger partial charge in [-0.15, -0.1) is 5.06 Å². The predicted molar refractivity (Wildman–Crippen MR) is 85.9 cm³/mol. The summed E-state index contributed by atoms with van der Waals surface area (Å²) in [6, 6.07) is 7.67. The standard InChI is InChI=1S/C16H18ClN3O4/c17-13-3-1-12(2-4-13)11-18-7-9-19(10-8-18)16(23)24-20-14(21)5-6-15(20)22/h1-4H,5-11H2. The highest BCUT2D eigenvalue weighted by atomic mass is 35.5. The number of carbonyl (C=O) groups is 3. The molecule has 2 aliphatic rings. The molecule has 1 aromatic rings. The van der Waals surface area contributed by atoms with Crippen molar-refractivity contribution in [2.24, 2.45) is 0 Å². The van der Waals surface area contributed by atoms with Gasteiger partial charge in [-0.25, -0.2) is 4.79 Å². The monoisotopic (exact) mass is 351 g/mol. The minimum Gasteiger partial charge on any atom is -0.311 e. The Hall–Kier alpha value is -2.12. The first-order chi connectivity index (χ1) is 11.5. The molecule has 0 saturated carbocycles. The topological polar surface area (TPSA) is 70.2 Å². The number of rotatable bonds is 3. The third-order valence-corrected chi connectivity index (χ3v) is 4.38. The van der Waals surface area contributed by atoms with Gasteiger partial charge < -0.3 is 9.74 Å². The van der Waals surface area contributed by atoms with E-state index in [-0.39, 0.29) is 12.8 Å². The summed E-state index contributed by atoms with van der Waals surface area (Å²) in [7, 11) is 0. The molecule has 24 heavy (non-hydrogen) atoms. The number of nitrogens with zero attached hydrogens (tertiary/aromatic N) is 3. The molecule has 0 N–H and O–H groups in total. The van der Waals surface area contributed by atoms with E-state index in [1.165, 1.54) is 4.90 Å². The molecule has 1 aromatic carbocycles. The van der Waals surface area contributed by atoms with Crippen molar-refractivity contribution in [1.82, 2.24) is 14.9 Å². The van der Waals surface area contributed by atoms with Crippen LogP contribution in [0.15, 0.2) is 24.3 Å². The Balaban J connectivity index is 1.47. The molecular weight excluding hydrogens is 334 g/mol. The van der Waals surface area contributed by atoms with Gasteiger partial charge in [0.1, 0.15) is 0 Å². The Morgan fingerprint density at radius 1 is 1.00 bits per heavy atom. The van der Waals surface area contributed by atoms with E-state index in [0.29, 0.717) is 36.3 Å². The van der Waals surface area contributed by atoms with Crippen molar-refractivity contribution in [2.75, 3.05) is 26.2 Å². The maximum Gasteiger partial charge on any atom is 0.434 e. The van der Waals surface area contributed by atoms with Crippen molar-refractivity contribution in [1.29, 1.82) is 0 Å². The molecule has 0 bridgehead atoms. The van der Waals surface area contributed by atoms with Crippen molar-refractivity contribution in [3.63, 3.8) is 0 Å². The average Bonchev–Trinajstić information content (AvgIpc) is 2.89. The van der Waals surface area contributed by atoms with Gasteiger partial charge >= 0.3 is 6.09 Å². The highest BCUT2D eigenvalue weighted by Gasteiger charge is 2.34. The summed E-state index contributed by atoms with van der Waals surface area (Å²) in [4.78, 5) is 43.7. The van der Waals surface area contributed by atoms with Crippen molar-refractivity contribution in [3.8, 4) is 0 Å². The third kappa shape index (κ3) is 3.85. The van der Waals surface area contributed by atoms with Crippen LogP contribution in [0, 0.1) is 0 Å². The summed E-state index contributed by atoms with van der Waals surface area (Å²) in [6.45, 7) is 3.15. The predicted octanol–water partition coefficient (Wildman–Crippen LogP) is 1.66. The van der Waals surface area contributed by atoms with Crippen molar-refractivity contribution in [2.45, 2.75) is 19.4 Å². The molecule has 2 aliphatic heterocycles. The highest BCUT2D eigenvalue weighted by molar-refractivity contribution is 6.30. The number of hydrogen-bond acceptors (Lipinski definition) is 5. The fourth-order valence-corrected chi connectivity index (χ4v) is 2.86. The van der Waals surface area contributed by atoms with E-state index in [1.807, 2.05) is 24.3 Å². The minimum atomic E-state index is -0.648. The van der Waals surface area contributed by atoms with Gasteiger partial charge in [0.2, 0.25) is 0 Å². The van der Waals surface area contributed by atoms with Gasteiger partial charge in [-0.2, -0.15) is 0 Å². The van der Waals surface area contributed by atoms with Gasteiger partial charge in [0, 0.05) is 50.6 Å². The normalized spacial score (nSPS) is 19.0. The zero-order valence-corrected chi connectivity index (χ0v) is 13.9. The van der Waals surface area contributed by atoms with Crippen molar-refractivity contribution < 1.29 is 19.2 Å². The average molecular weight is 352 g/mol. The molecule has 3 rings (SSSR count). The van der Waals surface area contributed by atoms with E-state index in [9.17, 15) is 14.4 Å². The summed E-state index contributed by atoms with van der Waals surface area (Å²) < 4.78 is 0. The first-order valence-corrected chi connectivity index (χ1v) is 8.20. The first-order valence-electron chi connectivity index (χ1n) is 7.82. The van der Waals surface area contributed by atoms with Gasteiger partial charge in [-0.3, -0.25) is 14.5 Å². The lowest BCUT2D eigenvalue weighted by Gasteiger charge is -2.34. The molecule has 7 nitrogen and oxygen atoms in total. The fraction of sp³-hybridized carbons (Fsp3) is 0.438. The number of benzene rings is 1. The number of amides is 3. The molecule has 2 saturated heterocycles. The Morgan fingerprint density at radius 3 is 2.17 bits per heavy atom. The van der Waals surface area contributed by atoms with Gasteiger partial charge in [-0.05, 0) is 17.7 Å². The maximum atomic E-state index is 12.1. The second-order valence-corrected chi connectivity index (χ2v) is 6.27. The van der Waals surface area contributed by atoms with E-state index < -0.39 is 17.9 Å². The van der Waals surface area contributed by atoms with Crippen LogP contribution >= 0.6 is 11.6 Å². The molecule has 2 heterocycles. The molecule has 0 aliphatic carbocycles. The molecule has 3 amide bonds. The van der Waals surface area contributed by atoms with Gasteiger partial charge in [0.25, 0.3) is 11.8 Å². The molecule has 0 radical (unpaired) electrons. The summed E-state index contributed by atoms with van der Waals surface area (Å²) in [5, 5.41) is 1.29. The lowest BCUT2D eigenvalue weighted by Crippen LogP contribution is -2.50. The zero-order valence-electron chi connectivity index (χ0n) is 13.1. The van der Waals surface area contributed by atoms with Crippen LogP contribution in [0.4, 0.5) is 4.79 Å². The van der Waals surface area contributed by atoms with Gasteiger partial charge in [0.15, 0.2) is 0 Å². The molecule has 8 heteroatoms. The van der Waals surface area contributed by atoms with Gasteiger partial charge in [0.05, 0.1) is 0 Å². The summed E-state index contributed by atoms with van der Waals surface area (Å²) >= 11 is 5.88. The second kappa shape index (κ2) is 7.19. The summed E-state index contributed by atoms with van der Waals surface area (Å²) in [5.74, 6) is -0.926. The molecule has 0 spiro atoms. The lowest BCUT2D eigenvalue weighted by molar-refractivity contribution is -0.174. The second-order valence-electron chi connectivity index (χ2n) is 5.83. The van der Waals surface area contributed by atoms with Crippen LogP contribution in [-0.2, 0) is 21.0 Å². The summed E-state index contributed by atoms with van der Waals surface area (Å²) in [6.07, 6.45) is -0.452. The smallest absolute Gasteiger partial charge is 0.311 e. The molecule has 0 atom stereocenters. The van der Waals surface area contributed by atoms with Crippen LogP contribution in [-0.4, -0.2) is 58.9 Å². The van der Waals surface area contributed by atoms with Crippen LogP contribution < -0.4 is 0 Å². The zero-order chi connectivity index (χ0) is 17.1. The molecule has 128 valence electrons. The SMILES string of the molecule is O=C(ON1C(=O)CCC1=O)N1CCN(Cc2ccc(Cl)cc2)CC1. The number of hydroxylamine groups is 2. The number of piperazine rings is 1. The van der Waals surface area contributed by atoms with Crippen LogP contribution in [0.1, 0.15) is 18.4 Å². The van der Waals surface area contributed by atoms with Crippen molar-refractivity contribution >= 4 is 29.5 Å². The van der Waals surface area contributed by atoms with E-state index in [0.717, 1.165) is 12.1 Å². The quantitative estimate of drug-likeness (QED) is 0.774. The van der Waals surface area contributed by atoms with Crippen LogP contribution in [0.3, 0.4) is 0 Å². The van der Waals surface area contributed by atoms with E-state index in [4.69, 9.17) is 16.4 Å². The van der Waals surface area contributed by atoms with E-state index in [1.54, 1.807) is 0 Å². The number of carbonyl (C=O) groups excluding carboxylic acids is 3. The van der Waals surface area contributed by atoms with Crippen LogP contribution in [0.5, 0.6) is 0 Å². The largest absolute Gasteiger partial charge is 0.434 e. The number of halogens is 1. The molecule has 0 unspecified atom stereocenters. The Labute approximate surface area is 144 Å². The fourth-order valence-electron chi connectivity index (χ4n) is 2.73.